The van der Waals surface area contributed by atoms with E-state index in [0.29, 0.717) is 16.5 Å². The van der Waals surface area contributed by atoms with Crippen LogP contribution in [-0.2, 0) is 6.42 Å². The molecule has 80 valence electrons. The average Bonchev–Trinajstić information content (AvgIpc) is 2.67. The lowest BCUT2D eigenvalue weighted by molar-refractivity contribution is 1.28. The first-order valence-electron chi connectivity index (χ1n) is 4.48. The summed E-state index contributed by atoms with van der Waals surface area (Å²) in [5, 5.41) is 10.6. The van der Waals surface area contributed by atoms with E-state index < -0.39 is 0 Å². The summed E-state index contributed by atoms with van der Waals surface area (Å²) in [4.78, 5) is 5.17. The standard InChI is InChI=1S/C11H6Cl2N2S/c12-7-1-2-9(10(13)5-7)11-15-6-8(16-11)3-4-14/h1-2,5-6H,3H2. The van der Waals surface area contributed by atoms with E-state index >= 15 is 0 Å². The molecule has 2 aromatic rings. The van der Waals surface area contributed by atoms with Gasteiger partial charge in [0.25, 0.3) is 0 Å². The summed E-state index contributed by atoms with van der Waals surface area (Å²) in [5.74, 6) is 0. The second kappa shape index (κ2) is 4.84. The first kappa shape index (κ1) is 11.4. The Morgan fingerprint density at radius 3 is 2.88 bits per heavy atom. The fourth-order valence-corrected chi connectivity index (χ4v) is 2.69. The number of hydrogen-bond donors (Lipinski definition) is 0. The topological polar surface area (TPSA) is 36.7 Å². The minimum absolute atomic E-state index is 0.378. The summed E-state index contributed by atoms with van der Waals surface area (Å²) in [5.41, 5.74) is 0.847. The molecule has 0 aliphatic heterocycles. The van der Waals surface area contributed by atoms with Crippen LogP contribution in [0.2, 0.25) is 10.0 Å². The second-order valence-electron chi connectivity index (χ2n) is 3.09. The average molecular weight is 269 g/mol. The van der Waals surface area contributed by atoms with E-state index in [9.17, 15) is 0 Å². The number of halogens is 2. The number of benzene rings is 1. The summed E-state index contributed by atoms with van der Waals surface area (Å²) in [6.07, 6.45) is 2.08. The molecule has 1 heterocycles. The van der Waals surface area contributed by atoms with Crippen LogP contribution in [0.4, 0.5) is 0 Å². The molecule has 0 amide bonds. The summed E-state index contributed by atoms with van der Waals surface area (Å²) in [6.45, 7) is 0. The molecule has 2 nitrogen and oxygen atoms in total. The maximum absolute atomic E-state index is 8.58. The Morgan fingerprint density at radius 2 is 2.19 bits per heavy atom. The van der Waals surface area contributed by atoms with Crippen LogP contribution in [-0.4, -0.2) is 4.98 Å². The van der Waals surface area contributed by atoms with Crippen molar-refractivity contribution in [1.82, 2.24) is 4.98 Å². The molecule has 0 N–H and O–H groups in total. The molecule has 0 aliphatic carbocycles. The Balaban J connectivity index is 2.39. The van der Waals surface area contributed by atoms with Gasteiger partial charge in [0.05, 0.1) is 17.5 Å². The van der Waals surface area contributed by atoms with Gasteiger partial charge in [-0.15, -0.1) is 11.3 Å². The van der Waals surface area contributed by atoms with E-state index in [1.807, 2.05) is 6.07 Å². The molecule has 2 rings (SSSR count). The van der Waals surface area contributed by atoms with E-state index in [0.717, 1.165) is 15.4 Å². The molecule has 0 atom stereocenters. The van der Waals surface area contributed by atoms with Crippen LogP contribution >= 0.6 is 34.5 Å². The number of nitrogens with zero attached hydrogens (tertiary/aromatic N) is 2. The Kier molecular flexibility index (Phi) is 3.45. The minimum Gasteiger partial charge on any atom is -0.244 e. The van der Waals surface area contributed by atoms with Gasteiger partial charge in [0.15, 0.2) is 0 Å². The van der Waals surface area contributed by atoms with Gasteiger partial charge >= 0.3 is 0 Å². The summed E-state index contributed by atoms with van der Waals surface area (Å²) < 4.78 is 0. The van der Waals surface area contributed by atoms with Gasteiger partial charge in [-0.2, -0.15) is 5.26 Å². The monoisotopic (exact) mass is 268 g/mol. The van der Waals surface area contributed by atoms with Crippen molar-refractivity contribution in [2.45, 2.75) is 6.42 Å². The van der Waals surface area contributed by atoms with Crippen molar-refractivity contribution in [2.75, 3.05) is 0 Å². The van der Waals surface area contributed by atoms with Gasteiger partial charge < -0.3 is 0 Å². The molecule has 0 saturated heterocycles. The fourth-order valence-electron chi connectivity index (χ4n) is 1.25. The van der Waals surface area contributed by atoms with Crippen LogP contribution in [0.15, 0.2) is 24.4 Å². The van der Waals surface area contributed by atoms with Gasteiger partial charge in [0, 0.05) is 21.7 Å². The Morgan fingerprint density at radius 1 is 1.38 bits per heavy atom. The largest absolute Gasteiger partial charge is 0.244 e. The zero-order chi connectivity index (χ0) is 11.5. The highest BCUT2D eigenvalue weighted by Gasteiger charge is 2.08. The molecule has 0 aliphatic rings. The third-order valence-electron chi connectivity index (χ3n) is 1.97. The molecule has 0 fully saturated rings. The van der Waals surface area contributed by atoms with Crippen molar-refractivity contribution < 1.29 is 0 Å². The summed E-state index contributed by atoms with van der Waals surface area (Å²) >= 11 is 13.4. The van der Waals surface area contributed by atoms with Crippen LogP contribution in [0.25, 0.3) is 10.6 Å². The van der Waals surface area contributed by atoms with Crippen molar-refractivity contribution in [1.29, 1.82) is 5.26 Å². The number of nitriles is 1. The van der Waals surface area contributed by atoms with Crippen LogP contribution in [0.5, 0.6) is 0 Å². The van der Waals surface area contributed by atoms with E-state index in [4.69, 9.17) is 28.5 Å². The molecule has 16 heavy (non-hydrogen) atoms. The quantitative estimate of drug-likeness (QED) is 0.819. The normalized spacial score (nSPS) is 10.1. The Bertz CT molecular complexity index is 557. The Labute approximate surface area is 107 Å². The van der Waals surface area contributed by atoms with Crippen LogP contribution < -0.4 is 0 Å². The van der Waals surface area contributed by atoms with E-state index in [2.05, 4.69) is 11.1 Å². The number of thiazole rings is 1. The van der Waals surface area contributed by atoms with E-state index in [1.165, 1.54) is 11.3 Å². The molecule has 0 spiro atoms. The molecular formula is C11H6Cl2N2S. The van der Waals surface area contributed by atoms with Gasteiger partial charge in [0.2, 0.25) is 0 Å². The predicted molar refractivity (Wildman–Crippen MR) is 66.9 cm³/mol. The molecule has 1 aromatic heterocycles. The third-order valence-corrected chi connectivity index (χ3v) is 3.55. The van der Waals surface area contributed by atoms with Crippen molar-refractivity contribution in [3.05, 3.63) is 39.3 Å². The SMILES string of the molecule is N#CCc1cnc(-c2ccc(Cl)cc2Cl)s1. The highest BCUT2D eigenvalue weighted by Crippen LogP contribution is 2.32. The zero-order valence-electron chi connectivity index (χ0n) is 8.08. The molecule has 5 heteroatoms. The fraction of sp³-hybridized carbons (Fsp3) is 0.0909. The second-order valence-corrected chi connectivity index (χ2v) is 5.05. The molecular weight excluding hydrogens is 263 g/mol. The van der Waals surface area contributed by atoms with Crippen LogP contribution in [0, 0.1) is 11.3 Å². The zero-order valence-corrected chi connectivity index (χ0v) is 10.4. The summed E-state index contributed by atoms with van der Waals surface area (Å²) in [7, 11) is 0. The van der Waals surface area contributed by atoms with Crippen molar-refractivity contribution in [3.63, 3.8) is 0 Å². The lowest BCUT2D eigenvalue weighted by Gasteiger charge is -1.99. The van der Waals surface area contributed by atoms with Gasteiger partial charge in [-0.3, -0.25) is 0 Å². The van der Waals surface area contributed by atoms with Gasteiger partial charge in [-0.05, 0) is 18.2 Å². The number of rotatable bonds is 2. The number of aromatic nitrogens is 1. The lowest BCUT2D eigenvalue weighted by Crippen LogP contribution is -1.77. The Hall–Kier alpha value is -1.08. The van der Waals surface area contributed by atoms with Crippen LogP contribution in [0.1, 0.15) is 4.88 Å². The van der Waals surface area contributed by atoms with E-state index in [-0.39, 0.29) is 0 Å². The maximum atomic E-state index is 8.58. The maximum Gasteiger partial charge on any atom is 0.125 e. The van der Waals surface area contributed by atoms with Crippen molar-refractivity contribution in [3.8, 4) is 16.6 Å². The predicted octanol–water partition coefficient (Wildman–Crippen LogP) is 4.18. The highest BCUT2D eigenvalue weighted by atomic mass is 35.5. The van der Waals surface area contributed by atoms with Gasteiger partial charge in [-0.25, -0.2) is 4.98 Å². The summed E-state index contributed by atoms with van der Waals surface area (Å²) in [6, 6.07) is 7.38. The van der Waals surface area contributed by atoms with Gasteiger partial charge in [-0.1, -0.05) is 23.2 Å². The first-order valence-corrected chi connectivity index (χ1v) is 6.05. The van der Waals surface area contributed by atoms with Crippen LogP contribution in [0.3, 0.4) is 0 Å². The molecule has 0 unspecified atom stereocenters. The van der Waals surface area contributed by atoms with E-state index in [1.54, 1.807) is 18.3 Å². The van der Waals surface area contributed by atoms with Crippen molar-refractivity contribution in [2.24, 2.45) is 0 Å². The van der Waals surface area contributed by atoms with Crippen molar-refractivity contribution >= 4 is 34.5 Å². The minimum atomic E-state index is 0.378. The first-order chi connectivity index (χ1) is 7.70. The van der Waals surface area contributed by atoms with Gasteiger partial charge in [0.1, 0.15) is 5.01 Å². The molecule has 1 aromatic carbocycles. The molecule has 0 radical (unpaired) electrons. The smallest absolute Gasteiger partial charge is 0.125 e. The third kappa shape index (κ3) is 2.35. The molecule has 0 bridgehead atoms. The lowest BCUT2D eigenvalue weighted by atomic mass is 10.2. The highest BCUT2D eigenvalue weighted by molar-refractivity contribution is 7.15. The number of hydrogen-bond acceptors (Lipinski definition) is 3. The molecule has 0 saturated carbocycles.